The zero-order valence-corrected chi connectivity index (χ0v) is 10.9. The van der Waals surface area contributed by atoms with Crippen molar-refractivity contribution in [3.8, 4) is 6.07 Å². The second-order valence-corrected chi connectivity index (χ2v) is 4.17. The first kappa shape index (κ1) is 13.8. The van der Waals surface area contributed by atoms with Gasteiger partial charge in [0.25, 0.3) is 5.91 Å². The highest BCUT2D eigenvalue weighted by Gasteiger charge is 2.14. The molecular weight excluding hydrogens is 228 g/mol. The van der Waals surface area contributed by atoms with Crippen molar-refractivity contribution in [1.29, 1.82) is 5.26 Å². The number of hydrogen-bond donors (Lipinski definition) is 2. The number of nitrogen functional groups attached to an aromatic ring is 1. The molecule has 1 aromatic rings. The van der Waals surface area contributed by atoms with E-state index in [1.807, 2.05) is 18.9 Å². The van der Waals surface area contributed by atoms with Crippen molar-refractivity contribution in [2.75, 3.05) is 24.7 Å². The predicted octanol–water partition coefficient (Wildman–Crippen LogP) is 1.37. The van der Waals surface area contributed by atoms with E-state index >= 15 is 0 Å². The molecule has 3 N–H and O–H groups in total. The monoisotopic (exact) mass is 246 g/mol. The SMILES string of the molecule is CNC(=O)c1ccc(N)c(N(C)C(C)CC#N)c1. The number of anilines is 2. The largest absolute Gasteiger partial charge is 0.397 e. The number of nitrogens with one attached hydrogen (secondary N) is 1. The summed E-state index contributed by atoms with van der Waals surface area (Å²) in [5, 5.41) is 11.3. The van der Waals surface area contributed by atoms with E-state index in [-0.39, 0.29) is 11.9 Å². The Bertz CT molecular complexity index is 478. The summed E-state index contributed by atoms with van der Waals surface area (Å²) in [7, 11) is 3.45. The van der Waals surface area contributed by atoms with Crippen molar-refractivity contribution in [3.05, 3.63) is 23.8 Å². The fourth-order valence-electron chi connectivity index (χ4n) is 1.64. The predicted molar refractivity (Wildman–Crippen MR) is 72.3 cm³/mol. The highest BCUT2D eigenvalue weighted by atomic mass is 16.1. The van der Waals surface area contributed by atoms with Crippen LogP contribution >= 0.6 is 0 Å². The molecule has 0 fully saturated rings. The van der Waals surface area contributed by atoms with Crippen LogP contribution < -0.4 is 16.0 Å². The van der Waals surface area contributed by atoms with E-state index in [4.69, 9.17) is 11.0 Å². The molecule has 0 spiro atoms. The zero-order chi connectivity index (χ0) is 13.7. The van der Waals surface area contributed by atoms with Crippen LogP contribution in [0.3, 0.4) is 0 Å². The number of carbonyl (C=O) groups excluding carboxylic acids is 1. The molecule has 0 saturated heterocycles. The van der Waals surface area contributed by atoms with E-state index in [0.717, 1.165) is 5.69 Å². The molecule has 1 aromatic carbocycles. The molecule has 0 saturated carbocycles. The maximum absolute atomic E-state index is 11.6. The summed E-state index contributed by atoms with van der Waals surface area (Å²) in [5.41, 5.74) is 7.82. The molecule has 0 radical (unpaired) electrons. The second-order valence-electron chi connectivity index (χ2n) is 4.17. The van der Waals surface area contributed by atoms with Gasteiger partial charge in [0.15, 0.2) is 0 Å². The number of rotatable bonds is 4. The third-order valence-corrected chi connectivity index (χ3v) is 2.95. The highest BCUT2D eigenvalue weighted by Crippen LogP contribution is 2.25. The summed E-state index contributed by atoms with van der Waals surface area (Å²) in [6.07, 6.45) is 0.403. The van der Waals surface area contributed by atoms with Crippen LogP contribution in [-0.4, -0.2) is 26.0 Å². The van der Waals surface area contributed by atoms with Gasteiger partial charge in [0.05, 0.1) is 23.9 Å². The van der Waals surface area contributed by atoms with E-state index in [0.29, 0.717) is 17.7 Å². The van der Waals surface area contributed by atoms with Crippen molar-refractivity contribution in [2.24, 2.45) is 0 Å². The Morgan fingerprint density at radius 1 is 1.61 bits per heavy atom. The third-order valence-electron chi connectivity index (χ3n) is 2.95. The van der Waals surface area contributed by atoms with Crippen LogP contribution in [-0.2, 0) is 0 Å². The van der Waals surface area contributed by atoms with Gasteiger partial charge in [-0.25, -0.2) is 0 Å². The van der Waals surface area contributed by atoms with Crippen molar-refractivity contribution >= 4 is 17.3 Å². The quantitative estimate of drug-likeness (QED) is 0.786. The normalized spacial score (nSPS) is 11.4. The van der Waals surface area contributed by atoms with Gasteiger partial charge in [-0.2, -0.15) is 5.26 Å². The first-order chi connectivity index (χ1) is 8.51. The van der Waals surface area contributed by atoms with Gasteiger partial charge in [-0.3, -0.25) is 4.79 Å². The first-order valence-corrected chi connectivity index (χ1v) is 5.72. The Morgan fingerprint density at radius 3 is 2.83 bits per heavy atom. The lowest BCUT2D eigenvalue weighted by atomic mass is 10.1. The number of nitrogens with zero attached hydrogens (tertiary/aromatic N) is 2. The number of amides is 1. The van der Waals surface area contributed by atoms with Crippen molar-refractivity contribution in [1.82, 2.24) is 5.32 Å². The van der Waals surface area contributed by atoms with Crippen LogP contribution in [0.2, 0.25) is 0 Å². The number of hydrogen-bond acceptors (Lipinski definition) is 4. The lowest BCUT2D eigenvalue weighted by Crippen LogP contribution is -2.29. The molecule has 18 heavy (non-hydrogen) atoms. The maximum atomic E-state index is 11.6. The Kier molecular flexibility index (Phi) is 4.55. The molecule has 1 atom stereocenters. The minimum absolute atomic E-state index is 0.0391. The lowest BCUT2D eigenvalue weighted by molar-refractivity contribution is 0.0963. The molecule has 0 aliphatic heterocycles. The summed E-state index contributed by atoms with van der Waals surface area (Å²) in [4.78, 5) is 13.5. The van der Waals surface area contributed by atoms with Crippen LogP contribution in [0.1, 0.15) is 23.7 Å². The van der Waals surface area contributed by atoms with Gasteiger partial charge in [0, 0.05) is 25.7 Å². The van der Waals surface area contributed by atoms with Gasteiger partial charge in [-0.15, -0.1) is 0 Å². The van der Waals surface area contributed by atoms with Crippen LogP contribution in [0.25, 0.3) is 0 Å². The van der Waals surface area contributed by atoms with Gasteiger partial charge in [-0.1, -0.05) is 0 Å². The molecule has 1 amide bonds. The minimum atomic E-state index is -0.155. The molecule has 1 rings (SSSR count). The van der Waals surface area contributed by atoms with E-state index in [1.165, 1.54) is 0 Å². The summed E-state index contributed by atoms with van der Waals surface area (Å²) >= 11 is 0. The standard InChI is InChI=1S/C13H18N4O/c1-9(6-7-14)17(3)12-8-10(13(18)16-2)4-5-11(12)15/h4-5,8-9H,6,15H2,1-3H3,(H,16,18). The van der Waals surface area contributed by atoms with Gasteiger partial charge in [-0.05, 0) is 25.1 Å². The fourth-order valence-corrected chi connectivity index (χ4v) is 1.64. The summed E-state index contributed by atoms with van der Waals surface area (Å²) < 4.78 is 0. The molecule has 96 valence electrons. The smallest absolute Gasteiger partial charge is 0.251 e. The molecule has 0 heterocycles. The summed E-state index contributed by atoms with van der Waals surface area (Å²) in [6, 6.07) is 7.29. The van der Waals surface area contributed by atoms with E-state index < -0.39 is 0 Å². The topological polar surface area (TPSA) is 82.2 Å². The molecule has 1 unspecified atom stereocenters. The van der Waals surface area contributed by atoms with Crippen molar-refractivity contribution in [3.63, 3.8) is 0 Å². The fraction of sp³-hybridized carbons (Fsp3) is 0.385. The lowest BCUT2D eigenvalue weighted by Gasteiger charge is -2.26. The molecular formula is C13H18N4O. The van der Waals surface area contributed by atoms with Crippen LogP contribution in [0, 0.1) is 11.3 Å². The number of nitrogens with two attached hydrogens (primary N) is 1. The highest BCUT2D eigenvalue weighted by molar-refractivity contribution is 5.96. The van der Waals surface area contributed by atoms with E-state index in [9.17, 15) is 4.79 Å². The van der Waals surface area contributed by atoms with Crippen LogP contribution in [0.5, 0.6) is 0 Å². The zero-order valence-electron chi connectivity index (χ0n) is 10.9. The Balaban J connectivity index is 3.08. The Hall–Kier alpha value is -2.22. The second kappa shape index (κ2) is 5.92. The molecule has 5 nitrogen and oxygen atoms in total. The van der Waals surface area contributed by atoms with Gasteiger partial charge < -0.3 is 16.0 Å². The average molecular weight is 246 g/mol. The van der Waals surface area contributed by atoms with Gasteiger partial charge >= 0.3 is 0 Å². The number of nitriles is 1. The van der Waals surface area contributed by atoms with Crippen molar-refractivity contribution in [2.45, 2.75) is 19.4 Å². The Morgan fingerprint density at radius 2 is 2.28 bits per heavy atom. The number of benzene rings is 1. The average Bonchev–Trinajstić information content (AvgIpc) is 2.37. The summed E-state index contributed by atoms with van der Waals surface area (Å²) in [5.74, 6) is -0.155. The number of carbonyl (C=O) groups is 1. The van der Waals surface area contributed by atoms with Gasteiger partial charge in [0.2, 0.25) is 0 Å². The molecule has 5 heteroatoms. The van der Waals surface area contributed by atoms with E-state index in [1.54, 1.807) is 25.2 Å². The maximum Gasteiger partial charge on any atom is 0.251 e. The first-order valence-electron chi connectivity index (χ1n) is 5.72. The van der Waals surface area contributed by atoms with Crippen LogP contribution in [0.15, 0.2) is 18.2 Å². The van der Waals surface area contributed by atoms with Crippen molar-refractivity contribution < 1.29 is 4.79 Å². The van der Waals surface area contributed by atoms with Crippen LogP contribution in [0.4, 0.5) is 11.4 Å². The molecule has 0 aromatic heterocycles. The molecule has 0 bridgehead atoms. The Labute approximate surface area is 107 Å². The van der Waals surface area contributed by atoms with E-state index in [2.05, 4.69) is 11.4 Å². The molecule has 0 aliphatic rings. The minimum Gasteiger partial charge on any atom is -0.397 e. The summed E-state index contributed by atoms with van der Waals surface area (Å²) in [6.45, 7) is 1.94. The molecule has 0 aliphatic carbocycles. The van der Waals surface area contributed by atoms with Gasteiger partial charge in [0.1, 0.15) is 0 Å². The third kappa shape index (κ3) is 2.92.